The molecule has 154 valence electrons. The van der Waals surface area contributed by atoms with Gasteiger partial charge in [0.25, 0.3) is 0 Å². The molecule has 28 heavy (non-hydrogen) atoms. The zero-order valence-electron chi connectivity index (χ0n) is 17.2. The van der Waals surface area contributed by atoms with Crippen molar-refractivity contribution in [1.82, 2.24) is 9.80 Å². The summed E-state index contributed by atoms with van der Waals surface area (Å²) in [6.07, 6.45) is 1.65. The molecule has 0 saturated carbocycles. The number of hydrogen-bond acceptors (Lipinski definition) is 3. The van der Waals surface area contributed by atoms with Crippen LogP contribution >= 0.6 is 0 Å². The Hall–Kier alpha value is -2.37. The lowest BCUT2D eigenvalue weighted by molar-refractivity contribution is -0.141. The predicted octanol–water partition coefficient (Wildman–Crippen LogP) is 2.91. The van der Waals surface area contributed by atoms with Crippen LogP contribution in [0.4, 0.5) is 0 Å². The van der Waals surface area contributed by atoms with Crippen molar-refractivity contribution in [1.29, 1.82) is 0 Å². The highest BCUT2D eigenvalue weighted by Crippen LogP contribution is 2.21. The Morgan fingerprint density at radius 3 is 2.04 bits per heavy atom. The lowest BCUT2D eigenvalue weighted by atomic mass is 9.95. The molecule has 2 amide bonds. The van der Waals surface area contributed by atoms with E-state index < -0.39 is 5.97 Å². The van der Waals surface area contributed by atoms with Crippen molar-refractivity contribution in [3.63, 3.8) is 0 Å². The van der Waals surface area contributed by atoms with E-state index in [1.54, 1.807) is 4.90 Å². The summed E-state index contributed by atoms with van der Waals surface area (Å²) in [6, 6.07) is 8.30. The number of benzene rings is 1. The summed E-state index contributed by atoms with van der Waals surface area (Å²) >= 11 is 0. The Morgan fingerprint density at radius 1 is 0.929 bits per heavy atom. The lowest BCUT2D eigenvalue weighted by Gasteiger charge is -2.36. The Morgan fingerprint density at radius 2 is 1.50 bits per heavy atom. The molecule has 1 heterocycles. The van der Waals surface area contributed by atoms with Gasteiger partial charge in [-0.1, -0.05) is 38.1 Å². The third-order valence-corrected chi connectivity index (χ3v) is 5.22. The van der Waals surface area contributed by atoms with Crippen molar-refractivity contribution in [3.05, 3.63) is 35.4 Å². The average molecular weight is 389 g/mol. The molecule has 1 aromatic carbocycles. The number of aliphatic carboxylic acids is 1. The van der Waals surface area contributed by atoms with Crippen LogP contribution in [0.3, 0.4) is 0 Å². The Kier molecular flexibility index (Phi) is 8.03. The van der Waals surface area contributed by atoms with E-state index in [-0.39, 0.29) is 30.6 Å². The molecule has 0 spiro atoms. The van der Waals surface area contributed by atoms with Gasteiger partial charge in [-0.15, -0.1) is 0 Å². The van der Waals surface area contributed by atoms with Crippen LogP contribution in [-0.2, 0) is 20.8 Å². The molecule has 0 radical (unpaired) electrons. The summed E-state index contributed by atoms with van der Waals surface area (Å²) in [5, 5.41) is 8.66. The van der Waals surface area contributed by atoms with Crippen LogP contribution in [0, 0.1) is 5.92 Å². The summed E-state index contributed by atoms with van der Waals surface area (Å²) in [5.74, 6) is -0.412. The van der Waals surface area contributed by atoms with Gasteiger partial charge in [0.15, 0.2) is 0 Å². The van der Waals surface area contributed by atoms with Gasteiger partial charge in [-0.2, -0.15) is 0 Å². The second kappa shape index (κ2) is 10.2. The topological polar surface area (TPSA) is 77.9 Å². The number of piperazine rings is 1. The van der Waals surface area contributed by atoms with Gasteiger partial charge in [0.1, 0.15) is 0 Å². The Balaban J connectivity index is 1.83. The van der Waals surface area contributed by atoms with Gasteiger partial charge in [-0.3, -0.25) is 14.4 Å². The smallest absolute Gasteiger partial charge is 0.303 e. The SMILES string of the molecule is CC(C)Cc1ccc([C@H](C)C(=O)N2CCN(C(=O)CCCC(=O)O)CC2)cc1. The highest BCUT2D eigenvalue weighted by atomic mass is 16.4. The van der Waals surface area contributed by atoms with Gasteiger partial charge in [-0.25, -0.2) is 0 Å². The number of rotatable bonds is 8. The number of carbonyl (C=O) groups excluding carboxylic acids is 2. The van der Waals surface area contributed by atoms with E-state index >= 15 is 0 Å². The first-order chi connectivity index (χ1) is 13.3. The second-order valence-corrected chi connectivity index (χ2v) is 8.01. The highest BCUT2D eigenvalue weighted by molar-refractivity contribution is 5.84. The van der Waals surface area contributed by atoms with Crippen molar-refractivity contribution in [3.8, 4) is 0 Å². The summed E-state index contributed by atoms with van der Waals surface area (Å²) in [4.78, 5) is 39.1. The molecule has 0 unspecified atom stereocenters. The van der Waals surface area contributed by atoms with Crippen LogP contribution < -0.4 is 0 Å². The molecule has 1 aromatic rings. The average Bonchev–Trinajstić information content (AvgIpc) is 2.66. The van der Waals surface area contributed by atoms with Gasteiger partial charge in [0.05, 0.1) is 5.92 Å². The molecule has 0 bridgehead atoms. The molecular formula is C22H32N2O4. The molecular weight excluding hydrogens is 356 g/mol. The normalized spacial score (nSPS) is 15.6. The number of carboxylic acid groups (broad SMARTS) is 1. The maximum absolute atomic E-state index is 12.8. The van der Waals surface area contributed by atoms with Crippen LogP contribution in [0.2, 0.25) is 0 Å². The fourth-order valence-electron chi connectivity index (χ4n) is 3.56. The molecule has 1 aliphatic rings. The summed E-state index contributed by atoms with van der Waals surface area (Å²) in [7, 11) is 0. The zero-order chi connectivity index (χ0) is 20.7. The first-order valence-electron chi connectivity index (χ1n) is 10.1. The van der Waals surface area contributed by atoms with E-state index in [0.717, 1.165) is 12.0 Å². The third kappa shape index (κ3) is 6.36. The van der Waals surface area contributed by atoms with Gasteiger partial charge in [-0.05, 0) is 36.8 Å². The van der Waals surface area contributed by atoms with Crippen molar-refractivity contribution < 1.29 is 19.5 Å². The monoisotopic (exact) mass is 388 g/mol. The second-order valence-electron chi connectivity index (χ2n) is 8.01. The highest BCUT2D eigenvalue weighted by Gasteiger charge is 2.27. The lowest BCUT2D eigenvalue weighted by Crippen LogP contribution is -2.51. The van der Waals surface area contributed by atoms with Gasteiger partial charge in [0.2, 0.25) is 11.8 Å². The Bertz CT molecular complexity index is 676. The minimum atomic E-state index is -0.880. The molecule has 6 heteroatoms. The number of amides is 2. The van der Waals surface area contributed by atoms with Gasteiger partial charge >= 0.3 is 5.97 Å². The first-order valence-corrected chi connectivity index (χ1v) is 10.1. The molecule has 1 saturated heterocycles. The molecule has 2 rings (SSSR count). The zero-order valence-corrected chi connectivity index (χ0v) is 17.2. The maximum atomic E-state index is 12.8. The van der Waals surface area contributed by atoms with E-state index in [9.17, 15) is 14.4 Å². The number of carboxylic acids is 1. The van der Waals surface area contributed by atoms with E-state index in [4.69, 9.17) is 5.11 Å². The largest absolute Gasteiger partial charge is 0.481 e. The molecule has 1 N–H and O–H groups in total. The number of nitrogens with zero attached hydrogens (tertiary/aromatic N) is 2. The van der Waals surface area contributed by atoms with E-state index in [0.29, 0.717) is 38.5 Å². The van der Waals surface area contributed by atoms with Crippen molar-refractivity contribution in [2.75, 3.05) is 26.2 Å². The minimum Gasteiger partial charge on any atom is -0.481 e. The van der Waals surface area contributed by atoms with Gasteiger partial charge < -0.3 is 14.9 Å². The maximum Gasteiger partial charge on any atom is 0.303 e. The third-order valence-electron chi connectivity index (χ3n) is 5.22. The van der Waals surface area contributed by atoms with Gasteiger partial charge in [0, 0.05) is 39.0 Å². The van der Waals surface area contributed by atoms with Crippen LogP contribution in [-0.4, -0.2) is 58.9 Å². The van der Waals surface area contributed by atoms with Crippen molar-refractivity contribution in [2.45, 2.75) is 52.4 Å². The molecule has 6 nitrogen and oxygen atoms in total. The fourth-order valence-corrected chi connectivity index (χ4v) is 3.56. The van der Waals surface area contributed by atoms with Crippen molar-refractivity contribution >= 4 is 17.8 Å². The number of hydrogen-bond donors (Lipinski definition) is 1. The Labute approximate surface area is 167 Å². The minimum absolute atomic E-state index is 0.0116. The van der Waals surface area contributed by atoms with Crippen LogP contribution in [0.15, 0.2) is 24.3 Å². The van der Waals surface area contributed by atoms with Crippen LogP contribution in [0.25, 0.3) is 0 Å². The molecule has 1 aliphatic heterocycles. The molecule has 0 aromatic heterocycles. The van der Waals surface area contributed by atoms with Crippen molar-refractivity contribution in [2.24, 2.45) is 5.92 Å². The summed E-state index contributed by atoms with van der Waals surface area (Å²) < 4.78 is 0. The summed E-state index contributed by atoms with van der Waals surface area (Å²) in [6.45, 7) is 8.39. The fraction of sp³-hybridized carbons (Fsp3) is 0.591. The molecule has 0 aliphatic carbocycles. The first kappa shape index (κ1) is 21.9. The predicted molar refractivity (Wildman–Crippen MR) is 108 cm³/mol. The molecule has 1 fully saturated rings. The van der Waals surface area contributed by atoms with E-state index in [2.05, 4.69) is 26.0 Å². The quantitative estimate of drug-likeness (QED) is 0.743. The summed E-state index contributed by atoms with van der Waals surface area (Å²) in [5.41, 5.74) is 2.30. The molecule has 1 atom stereocenters. The number of carbonyl (C=O) groups is 3. The van der Waals surface area contributed by atoms with E-state index in [1.165, 1.54) is 5.56 Å². The standard InChI is InChI=1S/C22H32N2O4/c1-16(2)15-18-7-9-19(10-8-18)17(3)22(28)24-13-11-23(12-14-24)20(25)5-4-6-21(26)27/h7-10,16-17H,4-6,11-15H2,1-3H3,(H,26,27)/t17-/m0/s1. The van der Waals surface area contributed by atoms with E-state index in [1.807, 2.05) is 24.0 Å². The van der Waals surface area contributed by atoms with Crippen LogP contribution in [0.1, 0.15) is 57.1 Å². The van der Waals surface area contributed by atoms with Crippen LogP contribution in [0.5, 0.6) is 0 Å².